The van der Waals surface area contributed by atoms with Crippen LogP contribution in [0.15, 0.2) is 6.33 Å². The minimum Gasteiger partial charge on any atom is -0.481 e. The van der Waals surface area contributed by atoms with Crippen molar-refractivity contribution in [2.75, 3.05) is 13.1 Å². The summed E-state index contributed by atoms with van der Waals surface area (Å²) in [4.78, 5) is 31.7. The van der Waals surface area contributed by atoms with Crippen molar-refractivity contribution in [3.8, 4) is 0 Å². The number of nitrogens with zero attached hydrogens (tertiary/aromatic N) is 2. The highest BCUT2D eigenvalue weighted by Crippen LogP contribution is 2.68. The molecule has 0 bridgehead atoms. The van der Waals surface area contributed by atoms with Gasteiger partial charge in [-0.05, 0) is 13.3 Å². The predicted molar refractivity (Wildman–Crippen MR) is 63.4 cm³/mol. The quantitative estimate of drug-likeness (QED) is 0.711. The fourth-order valence-electron chi connectivity index (χ4n) is 3.27. The van der Waals surface area contributed by atoms with E-state index in [9.17, 15) is 19.8 Å². The fourth-order valence-corrected chi connectivity index (χ4v) is 3.27. The minimum atomic E-state index is -1.11. The Labute approximate surface area is 109 Å². The molecule has 19 heavy (non-hydrogen) atoms. The molecule has 1 aliphatic heterocycles. The maximum atomic E-state index is 11.4. The molecule has 2 fully saturated rings. The van der Waals surface area contributed by atoms with Crippen molar-refractivity contribution in [2.24, 2.45) is 10.8 Å². The van der Waals surface area contributed by atoms with Crippen molar-refractivity contribution in [3.63, 3.8) is 0 Å². The molecule has 1 aromatic heterocycles. The van der Waals surface area contributed by atoms with Gasteiger partial charge in [-0.15, -0.1) is 0 Å². The summed E-state index contributed by atoms with van der Waals surface area (Å²) in [6.07, 6.45) is 1.82. The van der Waals surface area contributed by atoms with Crippen molar-refractivity contribution in [2.45, 2.75) is 19.9 Å². The van der Waals surface area contributed by atoms with Gasteiger partial charge in [-0.25, -0.2) is 4.98 Å². The number of aryl methyl sites for hydroxylation is 1. The lowest BCUT2D eigenvalue weighted by Crippen LogP contribution is -2.28. The van der Waals surface area contributed by atoms with E-state index >= 15 is 0 Å². The maximum absolute atomic E-state index is 11.4. The molecule has 0 amide bonds. The number of piperidine rings is 1. The first-order chi connectivity index (χ1) is 8.91. The van der Waals surface area contributed by atoms with Gasteiger partial charge in [-0.1, -0.05) is 0 Å². The molecule has 1 aromatic rings. The van der Waals surface area contributed by atoms with Crippen LogP contribution in [0.25, 0.3) is 0 Å². The molecule has 1 saturated heterocycles. The number of hydrogen-bond donors (Lipinski definition) is 3. The molecular weight excluding hydrogens is 250 g/mol. The summed E-state index contributed by atoms with van der Waals surface area (Å²) in [5, 5.41) is 18.6. The van der Waals surface area contributed by atoms with Gasteiger partial charge in [-0.2, -0.15) is 0 Å². The van der Waals surface area contributed by atoms with E-state index in [0.717, 1.165) is 11.4 Å². The summed E-state index contributed by atoms with van der Waals surface area (Å²) in [6.45, 7) is 2.93. The molecule has 102 valence electrons. The summed E-state index contributed by atoms with van der Waals surface area (Å²) in [6, 6.07) is 0. The number of rotatable bonds is 4. The fraction of sp³-hybridized carbons (Fsp3) is 0.583. The average molecular weight is 265 g/mol. The third-order valence-electron chi connectivity index (χ3n) is 4.51. The molecule has 0 spiro atoms. The number of carboxylic acids is 2. The Bertz CT molecular complexity index is 541. The Morgan fingerprint density at radius 1 is 1.37 bits per heavy atom. The van der Waals surface area contributed by atoms with Gasteiger partial charge in [0.25, 0.3) is 0 Å². The Morgan fingerprint density at radius 3 is 2.37 bits per heavy atom. The van der Waals surface area contributed by atoms with Gasteiger partial charge in [0, 0.05) is 25.3 Å². The van der Waals surface area contributed by atoms with Gasteiger partial charge in [0.2, 0.25) is 0 Å². The molecule has 7 nitrogen and oxygen atoms in total. The standard InChI is InChI=1S/C12H15N3O4/c1-7-8(14-6-13-7)2-15-4-11(9(16)17)3-12(11,5-15)10(18)19/h6H,2-5H2,1H3,(H,13,14)(H,16,17)(H,18,19)/t11-,12+. The lowest BCUT2D eigenvalue weighted by atomic mass is 9.97. The maximum Gasteiger partial charge on any atom is 0.312 e. The number of H-pyrrole nitrogens is 1. The van der Waals surface area contributed by atoms with Crippen LogP contribution < -0.4 is 0 Å². The Balaban J connectivity index is 1.81. The van der Waals surface area contributed by atoms with Crippen molar-refractivity contribution >= 4 is 11.9 Å². The first-order valence-electron chi connectivity index (χ1n) is 6.09. The van der Waals surface area contributed by atoms with Crippen LogP contribution in [0.5, 0.6) is 0 Å². The van der Waals surface area contributed by atoms with Crippen molar-refractivity contribution < 1.29 is 19.8 Å². The van der Waals surface area contributed by atoms with Gasteiger partial charge in [0.05, 0.1) is 22.9 Å². The van der Waals surface area contributed by atoms with Gasteiger partial charge < -0.3 is 15.2 Å². The first-order valence-corrected chi connectivity index (χ1v) is 6.09. The smallest absolute Gasteiger partial charge is 0.312 e. The molecule has 2 atom stereocenters. The lowest BCUT2D eigenvalue weighted by Gasteiger charge is -2.18. The third kappa shape index (κ3) is 1.45. The van der Waals surface area contributed by atoms with E-state index in [4.69, 9.17) is 0 Å². The molecule has 2 aliphatic rings. The highest BCUT2D eigenvalue weighted by Gasteiger charge is 2.80. The van der Waals surface area contributed by atoms with Crippen molar-refractivity contribution in [1.82, 2.24) is 14.9 Å². The number of carbonyl (C=O) groups is 2. The largest absolute Gasteiger partial charge is 0.481 e. The Morgan fingerprint density at radius 2 is 1.95 bits per heavy atom. The molecule has 0 radical (unpaired) electrons. The number of nitrogens with one attached hydrogen (secondary N) is 1. The predicted octanol–water partition coefficient (Wildman–Crippen LogP) is 0.0794. The zero-order chi connectivity index (χ0) is 13.8. The van der Waals surface area contributed by atoms with Crippen LogP contribution in [0.2, 0.25) is 0 Å². The van der Waals surface area contributed by atoms with Crippen molar-refractivity contribution in [1.29, 1.82) is 0 Å². The van der Waals surface area contributed by atoms with Gasteiger partial charge >= 0.3 is 11.9 Å². The summed E-state index contributed by atoms with van der Waals surface area (Å²) < 4.78 is 0. The second kappa shape index (κ2) is 3.57. The van der Waals surface area contributed by atoms with Crippen LogP contribution in [-0.2, 0) is 16.1 Å². The number of carboxylic acid groups (broad SMARTS) is 2. The number of hydrogen-bond acceptors (Lipinski definition) is 4. The number of aromatic amines is 1. The van der Waals surface area contributed by atoms with E-state index in [1.807, 2.05) is 11.8 Å². The molecule has 3 N–H and O–H groups in total. The van der Waals surface area contributed by atoms with Crippen LogP contribution in [0, 0.1) is 17.8 Å². The number of imidazole rings is 1. The molecule has 3 rings (SSSR count). The van der Waals surface area contributed by atoms with Gasteiger partial charge in [0.1, 0.15) is 0 Å². The highest BCUT2D eigenvalue weighted by molar-refractivity contribution is 5.94. The molecule has 1 saturated carbocycles. The average Bonchev–Trinajstić information content (AvgIpc) is 2.63. The molecule has 1 aliphatic carbocycles. The number of likely N-dealkylation sites (tertiary alicyclic amines) is 1. The minimum absolute atomic E-state index is 0.237. The monoisotopic (exact) mass is 265 g/mol. The lowest BCUT2D eigenvalue weighted by molar-refractivity contribution is -0.151. The van der Waals surface area contributed by atoms with E-state index in [2.05, 4.69) is 9.97 Å². The molecule has 0 unspecified atom stereocenters. The summed E-state index contributed by atoms with van der Waals surface area (Å²) >= 11 is 0. The second-order valence-corrected chi connectivity index (χ2v) is 5.57. The Hall–Kier alpha value is -1.89. The van der Waals surface area contributed by atoms with E-state index in [-0.39, 0.29) is 19.5 Å². The van der Waals surface area contributed by atoms with Crippen LogP contribution in [0.4, 0.5) is 0 Å². The highest BCUT2D eigenvalue weighted by atomic mass is 16.4. The van der Waals surface area contributed by atoms with Gasteiger partial charge in [-0.3, -0.25) is 14.5 Å². The van der Waals surface area contributed by atoms with E-state index < -0.39 is 22.8 Å². The summed E-state index contributed by atoms with van der Waals surface area (Å²) in [5.41, 5.74) is -0.455. The number of aromatic nitrogens is 2. The molecule has 7 heteroatoms. The van der Waals surface area contributed by atoms with E-state index in [0.29, 0.717) is 6.54 Å². The first kappa shape index (κ1) is 12.2. The van der Waals surface area contributed by atoms with Crippen LogP contribution in [0.3, 0.4) is 0 Å². The molecule has 2 heterocycles. The normalized spacial score (nSPS) is 33.1. The molecule has 0 aromatic carbocycles. The Kier molecular flexibility index (Phi) is 2.28. The van der Waals surface area contributed by atoms with Crippen LogP contribution in [-0.4, -0.2) is 50.1 Å². The van der Waals surface area contributed by atoms with Crippen LogP contribution >= 0.6 is 0 Å². The zero-order valence-corrected chi connectivity index (χ0v) is 10.5. The third-order valence-corrected chi connectivity index (χ3v) is 4.51. The summed E-state index contributed by atoms with van der Waals surface area (Å²) in [5.74, 6) is -2.01. The number of aliphatic carboxylic acids is 2. The topological polar surface area (TPSA) is 107 Å². The number of fused-ring (bicyclic) bond motifs is 1. The second-order valence-electron chi connectivity index (χ2n) is 5.57. The van der Waals surface area contributed by atoms with E-state index in [1.165, 1.54) is 0 Å². The van der Waals surface area contributed by atoms with Crippen molar-refractivity contribution in [3.05, 3.63) is 17.7 Å². The van der Waals surface area contributed by atoms with Crippen LogP contribution in [0.1, 0.15) is 17.8 Å². The SMILES string of the molecule is Cc1[nH]cnc1CN1C[C@@]2(C(=O)O)C[C@@]2(C(=O)O)C1. The van der Waals surface area contributed by atoms with Gasteiger partial charge in [0.15, 0.2) is 0 Å². The summed E-state index contributed by atoms with van der Waals surface area (Å²) in [7, 11) is 0. The zero-order valence-electron chi connectivity index (χ0n) is 10.5. The molecular formula is C12H15N3O4. The van der Waals surface area contributed by atoms with E-state index in [1.54, 1.807) is 6.33 Å².